The molecule has 0 radical (unpaired) electrons. The Morgan fingerprint density at radius 1 is 1.56 bits per heavy atom. The average molecular weight is 250 g/mol. The third kappa shape index (κ3) is 3.10. The molecule has 1 aromatic rings. The number of likely N-dealkylation sites (tertiary alicyclic amines) is 1. The van der Waals surface area contributed by atoms with Crippen molar-refractivity contribution in [1.29, 1.82) is 0 Å². The van der Waals surface area contributed by atoms with E-state index in [1.807, 2.05) is 6.92 Å². The maximum absolute atomic E-state index is 12.0. The van der Waals surface area contributed by atoms with Crippen molar-refractivity contribution in [3.63, 3.8) is 0 Å². The first-order valence-electron chi connectivity index (χ1n) is 6.74. The van der Waals surface area contributed by atoms with E-state index in [-0.39, 0.29) is 5.91 Å². The summed E-state index contributed by atoms with van der Waals surface area (Å²) in [7, 11) is 0. The van der Waals surface area contributed by atoms with E-state index in [0.29, 0.717) is 11.6 Å². The molecule has 1 amide bonds. The molecule has 1 aromatic heterocycles. The summed E-state index contributed by atoms with van der Waals surface area (Å²) in [5.41, 5.74) is 1.49. The van der Waals surface area contributed by atoms with Crippen LogP contribution in [0.3, 0.4) is 0 Å². The zero-order chi connectivity index (χ0) is 13.0. The first kappa shape index (κ1) is 13.1. The molecule has 0 aliphatic carbocycles. The van der Waals surface area contributed by atoms with Crippen LogP contribution in [0.15, 0.2) is 6.20 Å². The van der Waals surface area contributed by atoms with Gasteiger partial charge >= 0.3 is 0 Å². The largest absolute Gasteiger partial charge is 0.349 e. The first-order valence-corrected chi connectivity index (χ1v) is 6.74. The summed E-state index contributed by atoms with van der Waals surface area (Å²) >= 11 is 0. The molecule has 1 aliphatic rings. The lowest BCUT2D eigenvalue weighted by atomic mass is 10.0. The monoisotopic (exact) mass is 250 g/mol. The highest BCUT2D eigenvalue weighted by Gasteiger charge is 2.21. The SMILES string of the molecule is CCCN1CCC(NC(=O)c2cn[nH]c2C)CC1. The van der Waals surface area contributed by atoms with Gasteiger partial charge in [0, 0.05) is 24.8 Å². The van der Waals surface area contributed by atoms with Crippen molar-refractivity contribution in [3.8, 4) is 0 Å². The minimum Gasteiger partial charge on any atom is -0.349 e. The first-order chi connectivity index (χ1) is 8.70. The zero-order valence-electron chi connectivity index (χ0n) is 11.2. The van der Waals surface area contributed by atoms with Crippen molar-refractivity contribution in [2.75, 3.05) is 19.6 Å². The number of rotatable bonds is 4. The Kier molecular flexibility index (Phi) is 4.36. The maximum Gasteiger partial charge on any atom is 0.254 e. The van der Waals surface area contributed by atoms with Crippen molar-refractivity contribution >= 4 is 5.91 Å². The molecule has 1 fully saturated rings. The van der Waals surface area contributed by atoms with Gasteiger partial charge in [-0.3, -0.25) is 9.89 Å². The second-order valence-electron chi connectivity index (χ2n) is 5.00. The molecule has 0 unspecified atom stereocenters. The van der Waals surface area contributed by atoms with Crippen molar-refractivity contribution in [2.24, 2.45) is 0 Å². The van der Waals surface area contributed by atoms with Gasteiger partial charge in [0.2, 0.25) is 0 Å². The Bertz CT molecular complexity index is 393. The quantitative estimate of drug-likeness (QED) is 0.847. The third-order valence-corrected chi connectivity index (χ3v) is 3.54. The maximum atomic E-state index is 12.0. The molecule has 100 valence electrons. The van der Waals surface area contributed by atoms with E-state index in [4.69, 9.17) is 0 Å². The molecule has 0 aromatic carbocycles. The molecular formula is C13H22N4O. The van der Waals surface area contributed by atoms with Crippen molar-refractivity contribution in [1.82, 2.24) is 20.4 Å². The molecule has 0 bridgehead atoms. The summed E-state index contributed by atoms with van der Waals surface area (Å²) in [6, 6.07) is 0.305. The normalized spacial score (nSPS) is 17.9. The van der Waals surface area contributed by atoms with Crippen molar-refractivity contribution in [3.05, 3.63) is 17.5 Å². The predicted molar refractivity (Wildman–Crippen MR) is 70.5 cm³/mol. The Labute approximate surface area is 108 Å². The molecule has 2 rings (SSSR count). The average Bonchev–Trinajstić information content (AvgIpc) is 2.78. The lowest BCUT2D eigenvalue weighted by molar-refractivity contribution is 0.0910. The van der Waals surface area contributed by atoms with E-state index >= 15 is 0 Å². The molecule has 0 atom stereocenters. The van der Waals surface area contributed by atoms with Crippen LogP contribution >= 0.6 is 0 Å². The number of nitrogens with one attached hydrogen (secondary N) is 2. The Morgan fingerprint density at radius 2 is 2.28 bits per heavy atom. The molecule has 5 heteroatoms. The van der Waals surface area contributed by atoms with E-state index in [1.54, 1.807) is 6.20 Å². The molecule has 5 nitrogen and oxygen atoms in total. The number of nitrogens with zero attached hydrogens (tertiary/aromatic N) is 2. The Morgan fingerprint density at radius 3 is 2.83 bits per heavy atom. The van der Waals surface area contributed by atoms with Crippen molar-refractivity contribution < 1.29 is 4.79 Å². The molecule has 2 N–H and O–H groups in total. The minimum atomic E-state index is -0.00445. The van der Waals surface area contributed by atoms with E-state index in [0.717, 1.165) is 31.6 Å². The van der Waals surface area contributed by atoms with Crippen LogP contribution in [0.2, 0.25) is 0 Å². The van der Waals surface area contributed by atoms with Gasteiger partial charge < -0.3 is 10.2 Å². The number of aromatic amines is 1. The van der Waals surface area contributed by atoms with Gasteiger partial charge in [-0.25, -0.2) is 0 Å². The summed E-state index contributed by atoms with van der Waals surface area (Å²) < 4.78 is 0. The fourth-order valence-corrected chi connectivity index (χ4v) is 2.46. The topological polar surface area (TPSA) is 61.0 Å². The summed E-state index contributed by atoms with van der Waals surface area (Å²) in [6.07, 6.45) is 4.88. The molecular weight excluding hydrogens is 228 g/mol. The van der Waals surface area contributed by atoms with E-state index in [1.165, 1.54) is 13.0 Å². The summed E-state index contributed by atoms with van der Waals surface area (Å²) in [5, 5.41) is 9.77. The second kappa shape index (κ2) is 6.00. The minimum absolute atomic E-state index is 0.00445. The van der Waals surface area contributed by atoms with Crippen molar-refractivity contribution in [2.45, 2.75) is 39.2 Å². The molecule has 0 spiro atoms. The summed E-state index contributed by atoms with van der Waals surface area (Å²) in [5.74, 6) is -0.00445. The summed E-state index contributed by atoms with van der Waals surface area (Å²) in [4.78, 5) is 14.5. The molecule has 0 saturated carbocycles. The number of aromatic nitrogens is 2. The van der Waals surface area contributed by atoms with Crippen LogP contribution in [0, 0.1) is 6.92 Å². The number of carbonyl (C=O) groups excluding carboxylic acids is 1. The van der Waals surface area contributed by atoms with Gasteiger partial charge in [-0.15, -0.1) is 0 Å². The van der Waals surface area contributed by atoms with Crippen LogP contribution in [0.5, 0.6) is 0 Å². The van der Waals surface area contributed by atoms with Crippen LogP contribution in [-0.4, -0.2) is 46.7 Å². The number of H-pyrrole nitrogens is 1. The molecule has 1 aliphatic heterocycles. The van der Waals surface area contributed by atoms with Crippen LogP contribution in [0.4, 0.5) is 0 Å². The lowest BCUT2D eigenvalue weighted by Crippen LogP contribution is -2.44. The van der Waals surface area contributed by atoms with Crippen LogP contribution in [-0.2, 0) is 0 Å². The number of aryl methyl sites for hydroxylation is 1. The van der Waals surface area contributed by atoms with Gasteiger partial charge in [0.15, 0.2) is 0 Å². The van der Waals surface area contributed by atoms with Gasteiger partial charge in [0.05, 0.1) is 11.8 Å². The highest BCUT2D eigenvalue weighted by molar-refractivity contribution is 5.95. The Balaban J connectivity index is 1.81. The number of amides is 1. The standard InChI is InChI=1S/C13H22N4O/c1-3-6-17-7-4-11(5-8-17)15-13(18)12-9-14-16-10(12)2/h9,11H,3-8H2,1-2H3,(H,14,16)(H,15,18). The number of piperidine rings is 1. The van der Waals surface area contributed by atoms with Gasteiger partial charge in [-0.1, -0.05) is 6.92 Å². The number of hydrogen-bond acceptors (Lipinski definition) is 3. The van der Waals surface area contributed by atoms with E-state index < -0.39 is 0 Å². The fraction of sp³-hybridized carbons (Fsp3) is 0.692. The molecule has 2 heterocycles. The lowest BCUT2D eigenvalue weighted by Gasteiger charge is -2.32. The van der Waals surface area contributed by atoms with E-state index in [9.17, 15) is 4.79 Å². The van der Waals surface area contributed by atoms with Gasteiger partial charge in [-0.05, 0) is 32.7 Å². The highest BCUT2D eigenvalue weighted by Crippen LogP contribution is 2.12. The van der Waals surface area contributed by atoms with Gasteiger partial charge in [0.1, 0.15) is 0 Å². The zero-order valence-corrected chi connectivity index (χ0v) is 11.2. The highest BCUT2D eigenvalue weighted by atomic mass is 16.1. The fourth-order valence-electron chi connectivity index (χ4n) is 2.46. The summed E-state index contributed by atoms with van der Waals surface area (Å²) in [6.45, 7) is 7.41. The van der Waals surface area contributed by atoms with E-state index in [2.05, 4.69) is 27.3 Å². The predicted octanol–water partition coefficient (Wildman–Crippen LogP) is 1.32. The third-order valence-electron chi connectivity index (χ3n) is 3.54. The van der Waals surface area contributed by atoms with Crippen LogP contribution in [0.1, 0.15) is 42.2 Å². The van der Waals surface area contributed by atoms with Gasteiger partial charge in [-0.2, -0.15) is 5.10 Å². The smallest absolute Gasteiger partial charge is 0.254 e. The van der Waals surface area contributed by atoms with Crippen LogP contribution in [0.25, 0.3) is 0 Å². The molecule has 18 heavy (non-hydrogen) atoms. The Hall–Kier alpha value is -1.36. The van der Waals surface area contributed by atoms with Gasteiger partial charge in [0.25, 0.3) is 5.91 Å². The number of carbonyl (C=O) groups is 1. The number of hydrogen-bond donors (Lipinski definition) is 2. The second-order valence-corrected chi connectivity index (χ2v) is 5.00. The molecule has 1 saturated heterocycles. The van der Waals surface area contributed by atoms with Crippen LogP contribution < -0.4 is 5.32 Å².